The Morgan fingerprint density at radius 3 is 3.23 bits per heavy atom. The maximum atomic E-state index is 10.9. The van der Waals surface area contributed by atoms with E-state index in [2.05, 4.69) is 4.98 Å². The predicted molar refractivity (Wildman–Crippen MR) is 46.6 cm³/mol. The van der Waals surface area contributed by atoms with Gasteiger partial charge in [0.2, 0.25) is 0 Å². The largest absolute Gasteiger partial charge is 0.480 e. The third-order valence-corrected chi connectivity index (χ3v) is 2.62. The minimum absolute atomic E-state index is 0.398. The quantitative estimate of drug-likeness (QED) is 0.705. The normalized spacial score (nSPS) is 21.2. The first-order chi connectivity index (χ1) is 6.20. The van der Waals surface area contributed by atoms with Crippen LogP contribution >= 0.6 is 0 Å². The zero-order valence-corrected chi connectivity index (χ0v) is 7.53. The second-order valence-electron chi connectivity index (χ2n) is 3.43. The van der Waals surface area contributed by atoms with Gasteiger partial charge >= 0.3 is 5.97 Å². The summed E-state index contributed by atoms with van der Waals surface area (Å²) in [5, 5.41) is 8.95. The molecule has 0 saturated heterocycles. The van der Waals surface area contributed by atoms with Gasteiger partial charge in [0.25, 0.3) is 0 Å². The van der Waals surface area contributed by atoms with Crippen LogP contribution in [-0.2, 0) is 11.2 Å². The molecular weight excluding hydrogens is 168 g/mol. The molecule has 13 heavy (non-hydrogen) atoms. The van der Waals surface area contributed by atoms with E-state index in [1.807, 2.05) is 6.92 Å². The Bertz CT molecular complexity index is 343. The number of aromatic nitrogens is 2. The van der Waals surface area contributed by atoms with Gasteiger partial charge < -0.3 is 9.67 Å². The molecule has 1 atom stereocenters. The van der Waals surface area contributed by atoms with Gasteiger partial charge in [-0.1, -0.05) is 0 Å². The first-order valence-electron chi connectivity index (χ1n) is 4.45. The molecule has 4 nitrogen and oxygen atoms in total. The summed E-state index contributed by atoms with van der Waals surface area (Å²) in [6, 6.07) is -0.398. The van der Waals surface area contributed by atoms with Crippen LogP contribution in [0.3, 0.4) is 0 Å². The number of nitrogens with zero attached hydrogens (tertiary/aromatic N) is 2. The van der Waals surface area contributed by atoms with Crippen molar-refractivity contribution in [1.82, 2.24) is 9.55 Å². The van der Waals surface area contributed by atoms with Crippen LogP contribution in [0.15, 0.2) is 6.33 Å². The van der Waals surface area contributed by atoms with Crippen LogP contribution in [0.4, 0.5) is 0 Å². The molecule has 0 bridgehead atoms. The lowest BCUT2D eigenvalue weighted by molar-refractivity contribution is -0.141. The second kappa shape index (κ2) is 2.87. The molecule has 0 fully saturated rings. The first-order valence-corrected chi connectivity index (χ1v) is 4.45. The predicted octanol–water partition coefficient (Wildman–Crippen LogP) is 1.15. The molecule has 1 aromatic rings. The number of carboxylic acids is 1. The molecule has 0 amide bonds. The van der Waals surface area contributed by atoms with Crippen molar-refractivity contribution >= 4 is 5.97 Å². The van der Waals surface area contributed by atoms with Gasteiger partial charge in [-0.2, -0.15) is 0 Å². The summed E-state index contributed by atoms with van der Waals surface area (Å²) in [6.07, 6.45) is 4.26. The van der Waals surface area contributed by atoms with Crippen molar-refractivity contribution in [1.29, 1.82) is 0 Å². The number of hydrogen-bond acceptors (Lipinski definition) is 2. The molecule has 2 rings (SSSR count). The topological polar surface area (TPSA) is 55.1 Å². The van der Waals surface area contributed by atoms with E-state index in [0.29, 0.717) is 0 Å². The number of fused-ring (bicyclic) bond motifs is 1. The highest BCUT2D eigenvalue weighted by molar-refractivity contribution is 5.72. The van der Waals surface area contributed by atoms with Crippen molar-refractivity contribution in [3.63, 3.8) is 0 Å². The molecule has 0 radical (unpaired) electrons. The fourth-order valence-corrected chi connectivity index (χ4v) is 1.90. The van der Waals surface area contributed by atoms with E-state index in [1.165, 1.54) is 0 Å². The van der Waals surface area contributed by atoms with Gasteiger partial charge in [0.15, 0.2) is 0 Å². The Kier molecular flexibility index (Phi) is 1.83. The third-order valence-electron chi connectivity index (χ3n) is 2.62. The van der Waals surface area contributed by atoms with E-state index >= 15 is 0 Å². The smallest absolute Gasteiger partial charge is 0.326 e. The van der Waals surface area contributed by atoms with Gasteiger partial charge in [-0.15, -0.1) is 0 Å². The van der Waals surface area contributed by atoms with E-state index in [-0.39, 0.29) is 0 Å². The highest BCUT2D eigenvalue weighted by Crippen LogP contribution is 2.26. The molecule has 1 N–H and O–H groups in total. The van der Waals surface area contributed by atoms with E-state index in [1.54, 1.807) is 10.9 Å². The standard InChI is InChI=1S/C9H12N2O2/c1-6-7-3-2-4-8(9(12)13)11(7)5-10-6/h5,8H,2-4H2,1H3,(H,12,13). The summed E-state index contributed by atoms with van der Waals surface area (Å²) in [5.41, 5.74) is 2.05. The fourth-order valence-electron chi connectivity index (χ4n) is 1.90. The highest BCUT2D eigenvalue weighted by atomic mass is 16.4. The Morgan fingerprint density at radius 2 is 2.54 bits per heavy atom. The maximum Gasteiger partial charge on any atom is 0.326 e. The molecule has 1 aliphatic heterocycles. The average Bonchev–Trinajstić information content (AvgIpc) is 2.48. The molecule has 0 saturated carbocycles. The molecule has 0 aromatic carbocycles. The molecule has 1 aliphatic rings. The van der Waals surface area contributed by atoms with Crippen LogP contribution in [0.25, 0.3) is 0 Å². The lowest BCUT2D eigenvalue weighted by Gasteiger charge is -2.22. The molecule has 70 valence electrons. The van der Waals surface area contributed by atoms with Crippen LogP contribution in [0, 0.1) is 6.92 Å². The SMILES string of the molecule is Cc1ncn2c1CCCC2C(=O)O. The Labute approximate surface area is 76.2 Å². The number of imidazole rings is 1. The summed E-state index contributed by atoms with van der Waals surface area (Å²) in [5.74, 6) is -0.752. The zero-order chi connectivity index (χ0) is 9.42. The number of rotatable bonds is 1. The first kappa shape index (κ1) is 8.29. The van der Waals surface area contributed by atoms with E-state index in [4.69, 9.17) is 5.11 Å². The van der Waals surface area contributed by atoms with Crippen LogP contribution in [0.5, 0.6) is 0 Å². The van der Waals surface area contributed by atoms with E-state index < -0.39 is 12.0 Å². The highest BCUT2D eigenvalue weighted by Gasteiger charge is 2.26. The number of carbonyl (C=O) groups is 1. The van der Waals surface area contributed by atoms with Gasteiger partial charge in [0.1, 0.15) is 6.04 Å². The van der Waals surface area contributed by atoms with Crippen molar-refractivity contribution in [2.75, 3.05) is 0 Å². The summed E-state index contributed by atoms with van der Waals surface area (Å²) in [4.78, 5) is 15.0. The zero-order valence-electron chi connectivity index (χ0n) is 7.53. The average molecular weight is 180 g/mol. The molecule has 2 heterocycles. The summed E-state index contributed by atoms with van der Waals surface area (Å²) in [7, 11) is 0. The maximum absolute atomic E-state index is 10.9. The van der Waals surface area contributed by atoms with Crippen molar-refractivity contribution in [2.24, 2.45) is 0 Å². The minimum atomic E-state index is -0.752. The molecule has 1 aromatic heterocycles. The van der Waals surface area contributed by atoms with E-state index in [0.717, 1.165) is 30.7 Å². The van der Waals surface area contributed by atoms with Gasteiger partial charge in [-0.3, -0.25) is 0 Å². The molecule has 0 spiro atoms. The number of hydrogen-bond donors (Lipinski definition) is 1. The summed E-state index contributed by atoms with van der Waals surface area (Å²) >= 11 is 0. The monoisotopic (exact) mass is 180 g/mol. The Hall–Kier alpha value is -1.32. The third kappa shape index (κ3) is 1.22. The lowest BCUT2D eigenvalue weighted by atomic mass is 10.0. The summed E-state index contributed by atoms with van der Waals surface area (Å²) in [6.45, 7) is 1.93. The summed E-state index contributed by atoms with van der Waals surface area (Å²) < 4.78 is 1.79. The van der Waals surface area contributed by atoms with Crippen molar-refractivity contribution in [3.05, 3.63) is 17.7 Å². The van der Waals surface area contributed by atoms with Gasteiger partial charge in [0, 0.05) is 5.69 Å². The van der Waals surface area contributed by atoms with Crippen LogP contribution in [0.2, 0.25) is 0 Å². The van der Waals surface area contributed by atoms with Crippen molar-refractivity contribution < 1.29 is 9.90 Å². The van der Waals surface area contributed by atoms with Crippen molar-refractivity contribution in [2.45, 2.75) is 32.2 Å². The van der Waals surface area contributed by atoms with Gasteiger partial charge in [-0.05, 0) is 26.2 Å². The molecular formula is C9H12N2O2. The van der Waals surface area contributed by atoms with Crippen LogP contribution < -0.4 is 0 Å². The minimum Gasteiger partial charge on any atom is -0.480 e. The van der Waals surface area contributed by atoms with Crippen molar-refractivity contribution in [3.8, 4) is 0 Å². The Balaban J connectivity index is 2.43. The van der Waals surface area contributed by atoms with E-state index in [9.17, 15) is 4.79 Å². The Morgan fingerprint density at radius 1 is 1.77 bits per heavy atom. The number of carboxylic acid groups (broad SMARTS) is 1. The number of aryl methyl sites for hydroxylation is 1. The van der Waals surface area contributed by atoms with Gasteiger partial charge in [-0.25, -0.2) is 9.78 Å². The lowest BCUT2D eigenvalue weighted by Crippen LogP contribution is -2.24. The number of aliphatic carboxylic acids is 1. The fraction of sp³-hybridized carbons (Fsp3) is 0.556. The van der Waals surface area contributed by atoms with Crippen LogP contribution in [-0.4, -0.2) is 20.6 Å². The van der Waals surface area contributed by atoms with Crippen LogP contribution in [0.1, 0.15) is 30.3 Å². The van der Waals surface area contributed by atoms with Gasteiger partial charge in [0.05, 0.1) is 12.0 Å². The molecule has 1 unspecified atom stereocenters. The molecule has 0 aliphatic carbocycles. The second-order valence-corrected chi connectivity index (χ2v) is 3.43. The molecule has 4 heteroatoms.